The van der Waals surface area contributed by atoms with E-state index in [1.807, 2.05) is 18.2 Å². The van der Waals surface area contributed by atoms with E-state index in [-0.39, 0.29) is 0 Å². The molecule has 0 amide bonds. The van der Waals surface area contributed by atoms with Crippen LogP contribution in [0.2, 0.25) is 5.02 Å². The van der Waals surface area contributed by atoms with Gasteiger partial charge in [-0.05, 0) is 52.0 Å². The summed E-state index contributed by atoms with van der Waals surface area (Å²) in [5.74, 6) is 0.628. The van der Waals surface area contributed by atoms with Crippen LogP contribution in [-0.4, -0.2) is 0 Å². The number of rotatable bonds is 5. The Kier molecular flexibility index (Phi) is 5.50. The normalized spacial score (nSPS) is 12.4. The molecule has 1 atom stereocenters. The van der Waals surface area contributed by atoms with Crippen LogP contribution in [0.4, 0.5) is 5.69 Å². The average molecular weight is 353 g/mol. The summed E-state index contributed by atoms with van der Waals surface area (Å²) in [6, 6.07) is 16.8. The van der Waals surface area contributed by atoms with Crippen molar-refractivity contribution < 1.29 is 0 Å². The van der Waals surface area contributed by atoms with E-state index >= 15 is 0 Å². The van der Waals surface area contributed by atoms with Gasteiger partial charge in [-0.3, -0.25) is 0 Å². The van der Waals surface area contributed by atoms with E-state index in [0.29, 0.717) is 12.0 Å². The molecular weight excluding hydrogens is 334 g/mol. The second kappa shape index (κ2) is 7.14. The highest BCUT2D eigenvalue weighted by Gasteiger charge is 2.13. The van der Waals surface area contributed by atoms with E-state index in [2.05, 4.69) is 65.4 Å². The first-order chi connectivity index (χ1) is 9.56. The van der Waals surface area contributed by atoms with Gasteiger partial charge in [-0.15, -0.1) is 0 Å². The topological polar surface area (TPSA) is 12.0 Å². The second-order valence-corrected chi connectivity index (χ2v) is 6.63. The molecule has 2 aromatic carbocycles. The number of nitrogens with one attached hydrogen (secondary N) is 1. The molecule has 1 unspecified atom stereocenters. The number of benzene rings is 2. The maximum absolute atomic E-state index is 6.04. The first-order valence-electron chi connectivity index (χ1n) is 6.83. The van der Waals surface area contributed by atoms with Gasteiger partial charge in [-0.25, -0.2) is 0 Å². The highest BCUT2D eigenvalue weighted by atomic mass is 79.9. The molecule has 0 saturated heterocycles. The van der Waals surface area contributed by atoms with E-state index in [0.717, 1.165) is 21.6 Å². The molecular formula is C17H19BrClN. The van der Waals surface area contributed by atoms with Gasteiger partial charge in [0, 0.05) is 10.2 Å². The molecule has 3 heteroatoms. The van der Waals surface area contributed by atoms with Crippen molar-refractivity contribution in [3.63, 3.8) is 0 Å². The van der Waals surface area contributed by atoms with Crippen LogP contribution >= 0.6 is 27.5 Å². The predicted octanol–water partition coefficient (Wildman–Crippen LogP) is 6.30. The summed E-state index contributed by atoms with van der Waals surface area (Å²) in [7, 11) is 0. The molecule has 0 saturated carbocycles. The first kappa shape index (κ1) is 15.4. The Bertz CT molecular complexity index is 554. The molecule has 1 nitrogen and oxygen atoms in total. The Hall–Kier alpha value is -0.990. The average Bonchev–Trinajstić information content (AvgIpc) is 2.43. The van der Waals surface area contributed by atoms with E-state index in [4.69, 9.17) is 11.6 Å². The molecule has 0 aliphatic rings. The van der Waals surface area contributed by atoms with E-state index in [9.17, 15) is 0 Å². The Morgan fingerprint density at radius 2 is 1.80 bits per heavy atom. The molecule has 2 rings (SSSR count). The summed E-state index contributed by atoms with van der Waals surface area (Å²) in [5.41, 5.74) is 2.39. The van der Waals surface area contributed by atoms with Crippen molar-refractivity contribution in [1.82, 2.24) is 0 Å². The minimum atomic E-state index is 0.310. The second-order valence-electron chi connectivity index (χ2n) is 5.37. The summed E-state index contributed by atoms with van der Waals surface area (Å²) in [4.78, 5) is 0. The van der Waals surface area contributed by atoms with Crippen LogP contribution in [-0.2, 0) is 0 Å². The number of hydrogen-bond acceptors (Lipinski definition) is 1. The number of hydrogen-bond donors (Lipinski definition) is 1. The lowest BCUT2D eigenvalue weighted by atomic mass is 9.97. The molecule has 0 fully saturated rings. The minimum Gasteiger partial charge on any atom is -0.378 e. The van der Waals surface area contributed by atoms with Crippen molar-refractivity contribution in [2.24, 2.45) is 5.92 Å². The predicted molar refractivity (Wildman–Crippen MR) is 91.4 cm³/mol. The molecule has 0 heterocycles. The monoisotopic (exact) mass is 351 g/mol. The molecule has 106 valence electrons. The van der Waals surface area contributed by atoms with Crippen LogP contribution in [0.1, 0.15) is 31.9 Å². The van der Waals surface area contributed by atoms with E-state index < -0.39 is 0 Å². The SMILES string of the molecule is CC(C)CC(Nc1ccc(Cl)c(Br)c1)c1ccccc1. The van der Waals surface area contributed by atoms with Gasteiger partial charge in [0.05, 0.1) is 11.1 Å². The fraction of sp³-hybridized carbons (Fsp3) is 0.294. The molecule has 0 radical (unpaired) electrons. The third kappa shape index (κ3) is 4.26. The molecule has 0 aromatic heterocycles. The van der Waals surface area contributed by atoms with Gasteiger partial charge in [0.2, 0.25) is 0 Å². The lowest BCUT2D eigenvalue weighted by Gasteiger charge is -2.22. The Morgan fingerprint density at radius 1 is 1.10 bits per heavy atom. The zero-order chi connectivity index (χ0) is 14.5. The van der Waals surface area contributed by atoms with Gasteiger partial charge in [-0.1, -0.05) is 55.8 Å². The van der Waals surface area contributed by atoms with Crippen LogP contribution in [0.5, 0.6) is 0 Å². The Labute approximate surface area is 134 Å². The third-order valence-electron chi connectivity index (χ3n) is 3.17. The fourth-order valence-corrected chi connectivity index (χ4v) is 2.72. The minimum absolute atomic E-state index is 0.310. The van der Waals surface area contributed by atoms with E-state index in [1.54, 1.807) is 0 Å². The summed E-state index contributed by atoms with van der Waals surface area (Å²) >= 11 is 9.52. The quantitative estimate of drug-likeness (QED) is 0.665. The molecule has 0 spiro atoms. The van der Waals surface area contributed by atoms with Crippen molar-refractivity contribution in [2.45, 2.75) is 26.3 Å². The zero-order valence-electron chi connectivity index (χ0n) is 11.7. The number of anilines is 1. The molecule has 1 N–H and O–H groups in total. The Morgan fingerprint density at radius 3 is 2.40 bits per heavy atom. The van der Waals surface area contributed by atoms with Crippen LogP contribution in [0, 0.1) is 5.92 Å². The summed E-state index contributed by atoms with van der Waals surface area (Å²) in [5, 5.41) is 4.34. The highest BCUT2D eigenvalue weighted by molar-refractivity contribution is 9.10. The van der Waals surface area contributed by atoms with Crippen molar-refractivity contribution in [2.75, 3.05) is 5.32 Å². The maximum atomic E-state index is 6.04. The first-order valence-corrected chi connectivity index (χ1v) is 8.00. The molecule has 2 aromatic rings. The van der Waals surface area contributed by atoms with Gasteiger partial charge in [-0.2, -0.15) is 0 Å². The van der Waals surface area contributed by atoms with E-state index in [1.165, 1.54) is 5.56 Å². The van der Waals surface area contributed by atoms with Crippen molar-refractivity contribution >= 4 is 33.2 Å². The molecule has 20 heavy (non-hydrogen) atoms. The van der Waals surface area contributed by atoms with Crippen molar-refractivity contribution in [3.05, 3.63) is 63.6 Å². The van der Waals surface area contributed by atoms with Crippen LogP contribution in [0.3, 0.4) is 0 Å². The standard InChI is InChI=1S/C17H19BrClN/c1-12(2)10-17(13-6-4-3-5-7-13)20-14-8-9-16(19)15(18)11-14/h3-9,11-12,17,20H,10H2,1-2H3. The van der Waals surface area contributed by atoms with Gasteiger partial charge < -0.3 is 5.32 Å². The van der Waals surface area contributed by atoms with Crippen molar-refractivity contribution in [3.8, 4) is 0 Å². The van der Waals surface area contributed by atoms with Crippen LogP contribution in [0.15, 0.2) is 53.0 Å². The van der Waals surface area contributed by atoms with Gasteiger partial charge >= 0.3 is 0 Å². The fourth-order valence-electron chi connectivity index (χ4n) is 2.22. The van der Waals surface area contributed by atoms with Crippen LogP contribution in [0.25, 0.3) is 0 Å². The molecule has 0 aliphatic heterocycles. The molecule has 0 aliphatic carbocycles. The third-order valence-corrected chi connectivity index (χ3v) is 4.38. The highest BCUT2D eigenvalue weighted by Crippen LogP contribution is 2.30. The van der Waals surface area contributed by atoms with Crippen LogP contribution < -0.4 is 5.32 Å². The Balaban J connectivity index is 2.21. The molecule has 0 bridgehead atoms. The lowest BCUT2D eigenvalue weighted by Crippen LogP contribution is -2.13. The van der Waals surface area contributed by atoms with Gasteiger partial charge in [0.15, 0.2) is 0 Å². The lowest BCUT2D eigenvalue weighted by molar-refractivity contribution is 0.531. The van der Waals surface area contributed by atoms with Gasteiger partial charge in [0.25, 0.3) is 0 Å². The van der Waals surface area contributed by atoms with Gasteiger partial charge in [0.1, 0.15) is 0 Å². The smallest absolute Gasteiger partial charge is 0.0549 e. The largest absolute Gasteiger partial charge is 0.378 e. The van der Waals surface area contributed by atoms with Crippen molar-refractivity contribution in [1.29, 1.82) is 0 Å². The summed E-state index contributed by atoms with van der Waals surface area (Å²) in [6.45, 7) is 4.49. The summed E-state index contributed by atoms with van der Waals surface area (Å²) < 4.78 is 0.917. The zero-order valence-corrected chi connectivity index (χ0v) is 14.1. The maximum Gasteiger partial charge on any atom is 0.0549 e. The summed E-state index contributed by atoms with van der Waals surface area (Å²) in [6.07, 6.45) is 1.09. The number of halogens is 2.